The van der Waals surface area contributed by atoms with Gasteiger partial charge in [-0.25, -0.2) is 4.98 Å². The van der Waals surface area contributed by atoms with Crippen LogP contribution in [-0.4, -0.2) is 32.7 Å². The second-order valence-electron chi connectivity index (χ2n) is 7.65. The van der Waals surface area contributed by atoms with Crippen molar-refractivity contribution in [2.45, 2.75) is 38.3 Å². The minimum Gasteiger partial charge on any atom is -0.368 e. The van der Waals surface area contributed by atoms with Crippen molar-refractivity contribution < 1.29 is 9.59 Å². The van der Waals surface area contributed by atoms with Gasteiger partial charge in [-0.3, -0.25) is 14.5 Å². The number of nitrogens with zero attached hydrogens (tertiary/aromatic N) is 3. The molecule has 2 fully saturated rings. The van der Waals surface area contributed by atoms with E-state index in [0.29, 0.717) is 25.4 Å². The molecule has 1 saturated carbocycles. The number of imide groups is 1. The first-order valence-corrected chi connectivity index (χ1v) is 9.83. The standard InChI is InChI=1S/C22H21N5O2/c23-22-25-18-7-4-15(11-17(18)21(26-22)24-16-5-6-16)14-3-1-2-13(10-14)12-27-19(28)8-9-20(27)29/h1-4,7,10-11,16H,5-6,8-9,12H2,(H3,23,24,25,26). The summed E-state index contributed by atoms with van der Waals surface area (Å²) in [6.07, 6.45) is 2.90. The number of hydrogen-bond acceptors (Lipinski definition) is 6. The van der Waals surface area contributed by atoms with E-state index in [0.717, 1.165) is 46.3 Å². The molecule has 2 aromatic carbocycles. The predicted octanol–water partition coefficient (Wildman–Crippen LogP) is 3.10. The fraction of sp³-hybridized carbons (Fsp3) is 0.273. The largest absolute Gasteiger partial charge is 0.368 e. The summed E-state index contributed by atoms with van der Waals surface area (Å²) >= 11 is 0. The molecule has 2 aliphatic rings. The maximum atomic E-state index is 11.9. The highest BCUT2D eigenvalue weighted by molar-refractivity contribution is 6.01. The maximum absolute atomic E-state index is 11.9. The molecule has 0 radical (unpaired) electrons. The van der Waals surface area contributed by atoms with Gasteiger partial charge in [-0.15, -0.1) is 0 Å². The van der Waals surface area contributed by atoms with Gasteiger partial charge in [0.1, 0.15) is 5.82 Å². The predicted molar refractivity (Wildman–Crippen MR) is 111 cm³/mol. The number of anilines is 2. The number of nitrogens with two attached hydrogens (primary N) is 1. The highest BCUT2D eigenvalue weighted by Crippen LogP contribution is 2.32. The monoisotopic (exact) mass is 387 g/mol. The van der Waals surface area contributed by atoms with Gasteiger partial charge in [-0.1, -0.05) is 24.3 Å². The zero-order valence-corrected chi connectivity index (χ0v) is 15.9. The molecule has 2 amide bonds. The lowest BCUT2D eigenvalue weighted by molar-refractivity contribution is -0.139. The van der Waals surface area contributed by atoms with Crippen LogP contribution in [0.3, 0.4) is 0 Å². The number of nitrogen functional groups attached to an aromatic ring is 1. The van der Waals surface area contributed by atoms with E-state index in [1.165, 1.54) is 4.90 Å². The van der Waals surface area contributed by atoms with Crippen molar-refractivity contribution in [3.05, 3.63) is 48.0 Å². The van der Waals surface area contributed by atoms with Crippen LogP contribution in [-0.2, 0) is 16.1 Å². The van der Waals surface area contributed by atoms with Crippen LogP contribution < -0.4 is 11.1 Å². The third-order valence-electron chi connectivity index (χ3n) is 5.39. The fourth-order valence-corrected chi connectivity index (χ4v) is 3.69. The van der Waals surface area contributed by atoms with E-state index in [4.69, 9.17) is 5.73 Å². The molecule has 1 aliphatic heterocycles. The molecule has 7 nitrogen and oxygen atoms in total. The molecule has 3 N–H and O–H groups in total. The summed E-state index contributed by atoms with van der Waals surface area (Å²) < 4.78 is 0. The third kappa shape index (κ3) is 3.51. The summed E-state index contributed by atoms with van der Waals surface area (Å²) in [6.45, 7) is 0.313. The van der Waals surface area contributed by atoms with Gasteiger partial charge in [-0.05, 0) is 47.7 Å². The summed E-state index contributed by atoms with van der Waals surface area (Å²) in [5.74, 6) is 0.824. The van der Waals surface area contributed by atoms with E-state index in [2.05, 4.69) is 21.4 Å². The molecular weight excluding hydrogens is 366 g/mol. The Hall–Kier alpha value is -3.48. The summed E-state index contributed by atoms with van der Waals surface area (Å²) in [4.78, 5) is 33.9. The van der Waals surface area contributed by atoms with E-state index in [-0.39, 0.29) is 17.8 Å². The molecule has 0 bridgehead atoms. The lowest BCUT2D eigenvalue weighted by Gasteiger charge is -2.15. The number of carbonyl (C=O) groups is 2. The first kappa shape index (κ1) is 17.6. The van der Waals surface area contributed by atoms with Crippen molar-refractivity contribution in [3.8, 4) is 11.1 Å². The van der Waals surface area contributed by atoms with Crippen LogP contribution in [0.4, 0.5) is 11.8 Å². The molecule has 0 unspecified atom stereocenters. The normalized spacial score (nSPS) is 16.6. The van der Waals surface area contributed by atoms with Crippen LogP contribution in [0.1, 0.15) is 31.2 Å². The summed E-state index contributed by atoms with van der Waals surface area (Å²) in [5, 5.41) is 4.36. The molecular formula is C22H21N5O2. The maximum Gasteiger partial charge on any atom is 0.229 e. The first-order chi connectivity index (χ1) is 14.1. The van der Waals surface area contributed by atoms with Crippen molar-refractivity contribution >= 4 is 34.5 Å². The van der Waals surface area contributed by atoms with Crippen LogP contribution in [0.5, 0.6) is 0 Å². The average Bonchev–Trinajstić information content (AvgIpc) is 3.48. The second kappa shape index (κ2) is 6.84. The Morgan fingerprint density at radius 2 is 1.76 bits per heavy atom. The molecule has 3 aromatic rings. The molecule has 29 heavy (non-hydrogen) atoms. The molecule has 1 saturated heterocycles. The number of likely N-dealkylation sites (tertiary alicyclic amines) is 1. The molecule has 146 valence electrons. The van der Waals surface area contributed by atoms with Crippen LogP contribution in [0.15, 0.2) is 42.5 Å². The Labute approximate surface area is 167 Å². The van der Waals surface area contributed by atoms with Crippen LogP contribution in [0.2, 0.25) is 0 Å². The van der Waals surface area contributed by atoms with Crippen LogP contribution in [0, 0.1) is 0 Å². The number of hydrogen-bond donors (Lipinski definition) is 2. The van der Waals surface area contributed by atoms with Gasteiger partial charge in [0.2, 0.25) is 17.8 Å². The SMILES string of the molecule is Nc1nc(NC2CC2)c2cc(-c3cccc(CN4C(=O)CCC4=O)c3)ccc2n1. The number of fused-ring (bicyclic) bond motifs is 1. The number of carbonyl (C=O) groups excluding carboxylic acids is 2. The first-order valence-electron chi connectivity index (χ1n) is 9.83. The Kier molecular flexibility index (Phi) is 4.16. The molecule has 2 heterocycles. The molecule has 5 rings (SSSR count). The summed E-state index contributed by atoms with van der Waals surface area (Å²) in [5.41, 5.74) is 9.63. The summed E-state index contributed by atoms with van der Waals surface area (Å²) in [6, 6.07) is 14.4. The molecule has 1 aromatic heterocycles. The van der Waals surface area contributed by atoms with Crippen molar-refractivity contribution in [1.29, 1.82) is 0 Å². The van der Waals surface area contributed by atoms with Crippen molar-refractivity contribution in [1.82, 2.24) is 14.9 Å². The van der Waals surface area contributed by atoms with Gasteiger partial charge in [0.25, 0.3) is 0 Å². The van der Waals surface area contributed by atoms with Gasteiger partial charge < -0.3 is 11.1 Å². The van der Waals surface area contributed by atoms with E-state index in [9.17, 15) is 9.59 Å². The van der Waals surface area contributed by atoms with Crippen molar-refractivity contribution in [3.63, 3.8) is 0 Å². The number of nitrogens with one attached hydrogen (secondary N) is 1. The zero-order chi connectivity index (χ0) is 20.0. The topological polar surface area (TPSA) is 101 Å². The van der Waals surface area contributed by atoms with Crippen molar-refractivity contribution in [2.75, 3.05) is 11.1 Å². The lowest BCUT2D eigenvalue weighted by atomic mass is 10.0. The molecule has 1 aliphatic carbocycles. The smallest absolute Gasteiger partial charge is 0.229 e. The highest BCUT2D eigenvalue weighted by Gasteiger charge is 2.28. The Balaban J connectivity index is 1.49. The van der Waals surface area contributed by atoms with E-state index < -0.39 is 0 Å². The minimum atomic E-state index is -0.100. The molecule has 0 atom stereocenters. The van der Waals surface area contributed by atoms with E-state index in [1.54, 1.807) is 0 Å². The van der Waals surface area contributed by atoms with Gasteiger partial charge in [-0.2, -0.15) is 4.98 Å². The van der Waals surface area contributed by atoms with Gasteiger partial charge in [0.15, 0.2) is 0 Å². The number of benzene rings is 2. The Morgan fingerprint density at radius 1 is 1.00 bits per heavy atom. The Bertz CT molecular complexity index is 1120. The Morgan fingerprint density at radius 3 is 2.52 bits per heavy atom. The van der Waals surface area contributed by atoms with Crippen LogP contribution in [0.25, 0.3) is 22.0 Å². The number of amides is 2. The number of aromatic nitrogens is 2. The average molecular weight is 387 g/mol. The van der Waals surface area contributed by atoms with Crippen LogP contribution >= 0.6 is 0 Å². The minimum absolute atomic E-state index is 0.100. The van der Waals surface area contributed by atoms with Gasteiger partial charge in [0, 0.05) is 24.3 Å². The number of rotatable bonds is 5. The third-order valence-corrected chi connectivity index (χ3v) is 5.39. The molecule has 7 heteroatoms. The quantitative estimate of drug-likeness (QED) is 0.653. The molecule has 0 spiro atoms. The zero-order valence-electron chi connectivity index (χ0n) is 15.9. The van der Waals surface area contributed by atoms with Crippen molar-refractivity contribution in [2.24, 2.45) is 0 Å². The van der Waals surface area contributed by atoms with Gasteiger partial charge >= 0.3 is 0 Å². The van der Waals surface area contributed by atoms with E-state index >= 15 is 0 Å². The van der Waals surface area contributed by atoms with E-state index in [1.807, 2.05) is 36.4 Å². The second-order valence-corrected chi connectivity index (χ2v) is 7.65. The lowest BCUT2D eigenvalue weighted by Crippen LogP contribution is -2.28. The highest BCUT2D eigenvalue weighted by atomic mass is 16.2. The fourth-order valence-electron chi connectivity index (χ4n) is 3.69. The van der Waals surface area contributed by atoms with Gasteiger partial charge in [0.05, 0.1) is 12.1 Å². The summed E-state index contributed by atoms with van der Waals surface area (Å²) in [7, 11) is 0.